The molecule has 3 heterocycles. The largest absolute Gasteiger partial charge is 0.489 e. The van der Waals surface area contributed by atoms with E-state index in [0.717, 1.165) is 32.0 Å². The molecule has 3 amide bonds. The fraction of sp³-hybridized carbons (Fsp3) is 0.448. The average molecular weight is 615 g/mol. The van der Waals surface area contributed by atoms with Gasteiger partial charge in [0, 0.05) is 42.0 Å². The summed E-state index contributed by atoms with van der Waals surface area (Å²) in [5.74, 6) is 1.36. The third-order valence-corrected chi connectivity index (χ3v) is 6.70. The molecule has 1 saturated heterocycles. The Morgan fingerprint density at radius 2 is 1.58 bits per heavy atom. The number of piperidine rings is 1. The zero-order valence-electron chi connectivity index (χ0n) is 24.7. The van der Waals surface area contributed by atoms with Gasteiger partial charge in [-0.2, -0.15) is 8.42 Å². The standard InChI is InChI=1S/C28H34N6O4.CH4O3S/c1-28(2,3)24-16-25(33-38-24)32-27(36)31-19-6-4-18(5-7-19)30-26(35)23-11-10-22(17-29-23)37-21-12-14-34(15-13-21)20-8-9-20;1-5(2,3)4/h4-7,10-11,16-17,20-21H,8-9,12-15H2,1-3H3,(H,30,35)(H2,31,32,33,36);1H3,(H,2,3,4). The van der Waals surface area contributed by atoms with Gasteiger partial charge in [0.2, 0.25) is 0 Å². The molecular weight excluding hydrogens is 576 g/mol. The highest BCUT2D eigenvalue weighted by atomic mass is 32.2. The molecule has 0 bridgehead atoms. The summed E-state index contributed by atoms with van der Waals surface area (Å²) < 4.78 is 37.2. The molecule has 1 saturated carbocycles. The summed E-state index contributed by atoms with van der Waals surface area (Å²) in [5.41, 5.74) is 1.23. The summed E-state index contributed by atoms with van der Waals surface area (Å²) in [6.07, 6.45) is 7.21. The van der Waals surface area contributed by atoms with Gasteiger partial charge in [0.05, 0.1) is 12.5 Å². The van der Waals surface area contributed by atoms with Crippen LogP contribution in [-0.4, -0.2) is 71.4 Å². The molecule has 0 atom stereocenters. The molecule has 0 unspecified atom stereocenters. The molecule has 3 aromatic rings. The van der Waals surface area contributed by atoms with Crippen molar-refractivity contribution in [2.45, 2.75) is 64.0 Å². The fourth-order valence-corrected chi connectivity index (χ4v) is 4.37. The number of nitrogens with zero attached hydrogens (tertiary/aromatic N) is 3. The van der Waals surface area contributed by atoms with Gasteiger partial charge in [0.15, 0.2) is 5.82 Å². The first-order valence-electron chi connectivity index (χ1n) is 14.0. The number of urea groups is 1. The van der Waals surface area contributed by atoms with E-state index in [1.54, 1.807) is 48.7 Å². The van der Waals surface area contributed by atoms with Gasteiger partial charge in [-0.1, -0.05) is 25.9 Å². The van der Waals surface area contributed by atoms with Crippen LogP contribution in [0.3, 0.4) is 0 Å². The number of hydrogen-bond acceptors (Lipinski definition) is 9. The Balaban J connectivity index is 0.000000782. The van der Waals surface area contributed by atoms with Gasteiger partial charge in [-0.15, -0.1) is 0 Å². The number of aromatic nitrogens is 2. The van der Waals surface area contributed by atoms with Crippen molar-refractivity contribution in [3.63, 3.8) is 0 Å². The number of pyridine rings is 1. The molecule has 2 aliphatic rings. The molecule has 14 heteroatoms. The number of anilines is 3. The van der Waals surface area contributed by atoms with E-state index in [0.29, 0.717) is 40.7 Å². The van der Waals surface area contributed by atoms with Crippen LogP contribution < -0.4 is 20.7 Å². The van der Waals surface area contributed by atoms with E-state index in [9.17, 15) is 18.0 Å². The Hall–Kier alpha value is -4.01. The highest BCUT2D eigenvalue weighted by Gasteiger charge is 2.32. The maximum atomic E-state index is 12.6. The lowest BCUT2D eigenvalue weighted by Gasteiger charge is -2.32. The van der Waals surface area contributed by atoms with Crippen molar-refractivity contribution in [2.24, 2.45) is 0 Å². The smallest absolute Gasteiger partial charge is 0.324 e. The number of carbonyl (C=O) groups excluding carboxylic acids is 2. The number of carbonyl (C=O) groups is 2. The zero-order chi connectivity index (χ0) is 31.2. The van der Waals surface area contributed by atoms with Crippen LogP contribution in [-0.2, 0) is 15.5 Å². The summed E-state index contributed by atoms with van der Waals surface area (Å²) in [7, 11) is -3.67. The molecule has 2 fully saturated rings. The first-order valence-corrected chi connectivity index (χ1v) is 15.8. The number of rotatable bonds is 7. The van der Waals surface area contributed by atoms with Crippen LogP contribution in [0, 0.1) is 0 Å². The summed E-state index contributed by atoms with van der Waals surface area (Å²) >= 11 is 0. The van der Waals surface area contributed by atoms with Crippen LogP contribution in [0.1, 0.15) is 62.7 Å². The van der Waals surface area contributed by atoms with Crippen molar-refractivity contribution in [3.8, 4) is 5.75 Å². The van der Waals surface area contributed by atoms with Gasteiger partial charge >= 0.3 is 6.03 Å². The molecule has 13 nitrogen and oxygen atoms in total. The van der Waals surface area contributed by atoms with Gasteiger partial charge in [-0.3, -0.25) is 14.7 Å². The van der Waals surface area contributed by atoms with Crippen LogP contribution in [0.4, 0.5) is 22.0 Å². The number of hydrogen-bond donors (Lipinski definition) is 4. The third-order valence-electron chi connectivity index (χ3n) is 6.70. The van der Waals surface area contributed by atoms with Crippen LogP contribution in [0.15, 0.2) is 53.2 Å². The molecule has 1 aromatic carbocycles. The van der Waals surface area contributed by atoms with Crippen LogP contribution in [0.5, 0.6) is 5.75 Å². The number of nitrogens with one attached hydrogen (secondary N) is 3. The molecule has 5 rings (SSSR count). The molecule has 2 aromatic heterocycles. The van der Waals surface area contributed by atoms with E-state index in [2.05, 4.69) is 31.0 Å². The van der Waals surface area contributed by atoms with E-state index in [4.69, 9.17) is 13.8 Å². The number of benzene rings is 1. The lowest BCUT2D eigenvalue weighted by Crippen LogP contribution is -2.39. The number of likely N-dealkylation sites (tertiary alicyclic amines) is 1. The van der Waals surface area contributed by atoms with E-state index < -0.39 is 16.1 Å². The maximum absolute atomic E-state index is 12.6. The second kappa shape index (κ2) is 13.5. The predicted molar refractivity (Wildman–Crippen MR) is 162 cm³/mol. The van der Waals surface area contributed by atoms with Crippen molar-refractivity contribution in [1.29, 1.82) is 0 Å². The van der Waals surface area contributed by atoms with Gasteiger partial charge in [-0.25, -0.2) is 9.78 Å². The van der Waals surface area contributed by atoms with E-state index in [1.165, 1.54) is 12.8 Å². The predicted octanol–water partition coefficient (Wildman–Crippen LogP) is 4.77. The highest BCUT2D eigenvalue weighted by molar-refractivity contribution is 7.85. The minimum absolute atomic E-state index is 0.192. The van der Waals surface area contributed by atoms with E-state index >= 15 is 0 Å². The SMILES string of the molecule is CC(C)(C)c1cc(NC(=O)Nc2ccc(NC(=O)c3ccc(OC4CCN(C5CC5)CC4)cn3)cc2)no1.CS(=O)(=O)O. The fourth-order valence-electron chi connectivity index (χ4n) is 4.37. The summed E-state index contributed by atoms with van der Waals surface area (Å²) in [6, 6.07) is 12.3. The number of ether oxygens (including phenoxy) is 1. The van der Waals surface area contributed by atoms with Gasteiger partial charge in [-0.05, 0) is 62.1 Å². The summed E-state index contributed by atoms with van der Waals surface area (Å²) in [5, 5.41) is 12.1. The molecule has 1 aliphatic carbocycles. The Kier molecular flexibility index (Phi) is 10.0. The van der Waals surface area contributed by atoms with Gasteiger partial charge < -0.3 is 24.8 Å². The van der Waals surface area contributed by atoms with Crippen molar-refractivity contribution < 1.29 is 31.8 Å². The molecule has 0 spiro atoms. The van der Waals surface area contributed by atoms with Crippen molar-refractivity contribution in [2.75, 3.05) is 35.3 Å². The Labute approximate surface area is 251 Å². The van der Waals surface area contributed by atoms with Crippen LogP contribution >= 0.6 is 0 Å². The third kappa shape index (κ3) is 10.6. The normalized spacial score (nSPS) is 16.0. The van der Waals surface area contributed by atoms with Gasteiger partial charge in [0.1, 0.15) is 23.3 Å². The summed E-state index contributed by atoms with van der Waals surface area (Å²) in [6.45, 7) is 8.16. The minimum Gasteiger partial charge on any atom is -0.489 e. The second-order valence-corrected chi connectivity index (χ2v) is 13.1. The van der Waals surface area contributed by atoms with Crippen molar-refractivity contribution in [3.05, 3.63) is 60.1 Å². The molecule has 43 heavy (non-hydrogen) atoms. The molecular formula is C29H38N6O7S. The Bertz CT molecular complexity index is 1480. The van der Waals surface area contributed by atoms with E-state index in [-0.39, 0.29) is 17.4 Å². The average Bonchev–Trinajstić information content (AvgIpc) is 3.67. The Morgan fingerprint density at radius 1 is 0.977 bits per heavy atom. The first kappa shape index (κ1) is 31.9. The highest BCUT2D eigenvalue weighted by Crippen LogP contribution is 2.30. The molecule has 1 aliphatic heterocycles. The second-order valence-electron chi connectivity index (χ2n) is 11.6. The van der Waals surface area contributed by atoms with Gasteiger partial charge in [0.25, 0.3) is 16.0 Å². The quantitative estimate of drug-likeness (QED) is 0.271. The lowest BCUT2D eigenvalue weighted by atomic mass is 9.93. The number of amides is 3. The minimum atomic E-state index is -3.67. The van der Waals surface area contributed by atoms with Crippen molar-refractivity contribution in [1.82, 2.24) is 15.0 Å². The molecule has 0 radical (unpaired) electrons. The Morgan fingerprint density at radius 3 is 2.09 bits per heavy atom. The molecule has 232 valence electrons. The lowest BCUT2D eigenvalue weighted by molar-refractivity contribution is 0.0961. The topological polar surface area (TPSA) is 176 Å². The maximum Gasteiger partial charge on any atom is 0.324 e. The summed E-state index contributed by atoms with van der Waals surface area (Å²) in [4.78, 5) is 31.8. The van der Waals surface area contributed by atoms with Crippen LogP contribution in [0.25, 0.3) is 0 Å². The molecule has 4 N–H and O–H groups in total. The van der Waals surface area contributed by atoms with Crippen molar-refractivity contribution >= 4 is 39.2 Å². The van der Waals surface area contributed by atoms with Crippen LogP contribution in [0.2, 0.25) is 0 Å². The first-order chi connectivity index (χ1) is 20.2. The van der Waals surface area contributed by atoms with E-state index in [1.807, 2.05) is 20.8 Å². The monoisotopic (exact) mass is 614 g/mol. The zero-order valence-corrected chi connectivity index (χ0v) is 25.5.